The second-order valence-corrected chi connectivity index (χ2v) is 6.83. The molecule has 18 heavy (non-hydrogen) atoms. The Balaban J connectivity index is 2.05. The van der Waals surface area contributed by atoms with Crippen molar-refractivity contribution in [3.63, 3.8) is 0 Å². The highest BCUT2D eigenvalue weighted by Crippen LogP contribution is 2.57. The van der Waals surface area contributed by atoms with Crippen molar-refractivity contribution in [3.05, 3.63) is 12.2 Å². The lowest BCUT2D eigenvalue weighted by atomic mass is 9.62. The molecule has 2 saturated carbocycles. The Kier molecular flexibility index (Phi) is 4.53. The molecule has 0 heterocycles. The van der Waals surface area contributed by atoms with Crippen molar-refractivity contribution in [3.8, 4) is 0 Å². The first kappa shape index (κ1) is 14.1. The lowest BCUT2D eigenvalue weighted by molar-refractivity contribution is -0.0231. The van der Waals surface area contributed by atoms with Gasteiger partial charge in [0.15, 0.2) is 0 Å². The Morgan fingerprint density at radius 2 is 2.11 bits per heavy atom. The van der Waals surface area contributed by atoms with Crippen LogP contribution in [-0.2, 0) is 0 Å². The second-order valence-electron chi connectivity index (χ2n) is 6.83. The number of fused-ring (bicyclic) bond motifs is 1. The maximum Gasteiger partial charge on any atom is 0.0573 e. The highest BCUT2D eigenvalue weighted by molar-refractivity contribution is 5.05. The van der Waals surface area contributed by atoms with Gasteiger partial charge in [-0.15, -0.1) is 0 Å². The van der Waals surface area contributed by atoms with Crippen LogP contribution in [0.25, 0.3) is 0 Å². The molecule has 1 unspecified atom stereocenters. The fraction of sp³-hybridized carbons (Fsp3) is 0.882. The van der Waals surface area contributed by atoms with Crippen molar-refractivity contribution in [2.45, 2.75) is 71.8 Å². The Morgan fingerprint density at radius 3 is 2.83 bits per heavy atom. The average molecular weight is 250 g/mol. The summed E-state index contributed by atoms with van der Waals surface area (Å²) in [4.78, 5) is 0. The van der Waals surface area contributed by atoms with Crippen LogP contribution >= 0.6 is 0 Å². The molecule has 1 heteroatoms. The molecule has 0 spiro atoms. The summed E-state index contributed by atoms with van der Waals surface area (Å²) in [6.45, 7) is 7.06. The van der Waals surface area contributed by atoms with Crippen LogP contribution in [0.15, 0.2) is 12.2 Å². The maximum absolute atomic E-state index is 10.2. The summed E-state index contributed by atoms with van der Waals surface area (Å²) in [5.41, 5.74) is 0.396. The first-order valence-electron chi connectivity index (χ1n) is 7.94. The minimum Gasteiger partial charge on any atom is -0.393 e. The summed E-state index contributed by atoms with van der Waals surface area (Å²) in [6, 6.07) is 0. The summed E-state index contributed by atoms with van der Waals surface area (Å²) >= 11 is 0. The van der Waals surface area contributed by atoms with Crippen LogP contribution in [0.1, 0.15) is 65.7 Å². The van der Waals surface area contributed by atoms with E-state index in [1.807, 2.05) is 0 Å². The van der Waals surface area contributed by atoms with Gasteiger partial charge in [-0.05, 0) is 55.3 Å². The van der Waals surface area contributed by atoms with Gasteiger partial charge in [0.25, 0.3) is 0 Å². The molecule has 0 saturated heterocycles. The Labute approximate surface area is 113 Å². The van der Waals surface area contributed by atoms with E-state index < -0.39 is 0 Å². The molecule has 2 aliphatic rings. The van der Waals surface area contributed by atoms with Gasteiger partial charge in [-0.3, -0.25) is 0 Å². The maximum atomic E-state index is 10.2. The molecule has 0 aromatic rings. The minimum atomic E-state index is -0.0272. The molecule has 0 bridgehead atoms. The Hall–Kier alpha value is -0.300. The van der Waals surface area contributed by atoms with Gasteiger partial charge < -0.3 is 5.11 Å². The van der Waals surface area contributed by atoms with Crippen molar-refractivity contribution in [2.75, 3.05) is 0 Å². The standard InChI is InChI=1S/C17H30O/c1-4-5-6-8-13(2)14-10-11-15-16(18)9-7-12-17(14,15)3/h6,8,13-16,18H,4-5,7,9-12H2,1-3H3/b8-6+/t13-,14-,15?,16+,17-/m1/s1. The van der Waals surface area contributed by atoms with Crippen LogP contribution < -0.4 is 0 Å². The van der Waals surface area contributed by atoms with Gasteiger partial charge in [-0.2, -0.15) is 0 Å². The number of hydrogen-bond acceptors (Lipinski definition) is 1. The zero-order valence-electron chi connectivity index (χ0n) is 12.4. The largest absolute Gasteiger partial charge is 0.393 e. The summed E-state index contributed by atoms with van der Waals surface area (Å²) < 4.78 is 0. The highest BCUT2D eigenvalue weighted by atomic mass is 16.3. The van der Waals surface area contributed by atoms with Crippen LogP contribution in [0.2, 0.25) is 0 Å². The van der Waals surface area contributed by atoms with E-state index in [9.17, 15) is 5.11 Å². The Morgan fingerprint density at radius 1 is 1.33 bits per heavy atom. The summed E-state index contributed by atoms with van der Waals surface area (Å²) in [5, 5.41) is 10.2. The number of unbranched alkanes of at least 4 members (excludes halogenated alkanes) is 1. The molecule has 2 rings (SSSR count). The van der Waals surface area contributed by atoms with Gasteiger partial charge in [-0.1, -0.05) is 45.8 Å². The number of hydrogen-bond donors (Lipinski definition) is 1. The van der Waals surface area contributed by atoms with Crippen LogP contribution in [0, 0.1) is 23.2 Å². The predicted octanol–water partition coefficient (Wildman–Crippen LogP) is 4.56. The summed E-state index contributed by atoms with van der Waals surface area (Å²) in [6.07, 6.45) is 13.4. The summed E-state index contributed by atoms with van der Waals surface area (Å²) in [5.74, 6) is 2.03. The molecule has 5 atom stereocenters. The Bertz CT molecular complexity index is 296. The molecule has 1 nitrogen and oxygen atoms in total. The molecule has 2 fully saturated rings. The van der Waals surface area contributed by atoms with E-state index in [0.29, 0.717) is 17.3 Å². The molecule has 0 aliphatic heterocycles. The van der Waals surface area contributed by atoms with Crippen molar-refractivity contribution in [2.24, 2.45) is 23.2 Å². The van der Waals surface area contributed by atoms with E-state index >= 15 is 0 Å². The van der Waals surface area contributed by atoms with E-state index in [-0.39, 0.29) is 6.10 Å². The van der Waals surface area contributed by atoms with E-state index in [1.54, 1.807) is 0 Å². The molecular weight excluding hydrogens is 220 g/mol. The van der Waals surface area contributed by atoms with Gasteiger partial charge in [0.1, 0.15) is 0 Å². The zero-order chi connectivity index (χ0) is 13.2. The minimum absolute atomic E-state index is 0.0272. The number of aliphatic hydroxyl groups is 1. The van der Waals surface area contributed by atoms with E-state index in [2.05, 4.69) is 32.9 Å². The van der Waals surface area contributed by atoms with Crippen molar-refractivity contribution in [1.82, 2.24) is 0 Å². The fourth-order valence-electron chi connectivity index (χ4n) is 4.66. The third-order valence-corrected chi connectivity index (χ3v) is 5.69. The molecule has 0 aromatic heterocycles. The first-order valence-corrected chi connectivity index (χ1v) is 7.94. The highest BCUT2D eigenvalue weighted by Gasteiger charge is 2.51. The van der Waals surface area contributed by atoms with Gasteiger partial charge in [0, 0.05) is 0 Å². The fourth-order valence-corrected chi connectivity index (χ4v) is 4.66. The first-order chi connectivity index (χ1) is 8.59. The van der Waals surface area contributed by atoms with Crippen molar-refractivity contribution < 1.29 is 5.11 Å². The lowest BCUT2D eigenvalue weighted by Crippen LogP contribution is -2.41. The number of allylic oxidation sites excluding steroid dienone is 2. The van der Waals surface area contributed by atoms with Crippen LogP contribution in [0.4, 0.5) is 0 Å². The van der Waals surface area contributed by atoms with Crippen molar-refractivity contribution >= 4 is 0 Å². The van der Waals surface area contributed by atoms with E-state index in [1.165, 1.54) is 38.5 Å². The topological polar surface area (TPSA) is 20.2 Å². The monoisotopic (exact) mass is 250 g/mol. The normalized spacial score (nSPS) is 42.1. The molecule has 0 radical (unpaired) electrons. The van der Waals surface area contributed by atoms with Crippen molar-refractivity contribution in [1.29, 1.82) is 0 Å². The van der Waals surface area contributed by atoms with Gasteiger partial charge in [0.05, 0.1) is 6.10 Å². The molecule has 0 amide bonds. The van der Waals surface area contributed by atoms with E-state index in [0.717, 1.165) is 12.3 Å². The van der Waals surface area contributed by atoms with Crippen LogP contribution in [0.3, 0.4) is 0 Å². The molecule has 0 aromatic carbocycles. The summed E-state index contributed by atoms with van der Waals surface area (Å²) in [7, 11) is 0. The smallest absolute Gasteiger partial charge is 0.0573 e. The van der Waals surface area contributed by atoms with Crippen LogP contribution in [-0.4, -0.2) is 11.2 Å². The zero-order valence-corrected chi connectivity index (χ0v) is 12.4. The van der Waals surface area contributed by atoms with E-state index in [4.69, 9.17) is 0 Å². The second kappa shape index (κ2) is 5.77. The van der Waals surface area contributed by atoms with Gasteiger partial charge in [0.2, 0.25) is 0 Å². The molecule has 2 aliphatic carbocycles. The number of rotatable bonds is 4. The molecular formula is C17H30O. The predicted molar refractivity (Wildman–Crippen MR) is 77.4 cm³/mol. The average Bonchev–Trinajstić information content (AvgIpc) is 2.68. The third-order valence-electron chi connectivity index (χ3n) is 5.69. The van der Waals surface area contributed by atoms with Gasteiger partial charge >= 0.3 is 0 Å². The van der Waals surface area contributed by atoms with Crippen LogP contribution in [0.5, 0.6) is 0 Å². The molecule has 104 valence electrons. The SMILES string of the molecule is CCC/C=C/[C@@H](C)[C@H]1CCC2[C@@H](O)CCC[C@@]21C. The number of aliphatic hydroxyl groups excluding tert-OH is 1. The quantitative estimate of drug-likeness (QED) is 0.725. The lowest BCUT2D eigenvalue weighted by Gasteiger charge is -2.44. The molecule has 1 N–H and O–H groups in total. The van der Waals surface area contributed by atoms with Gasteiger partial charge in [-0.25, -0.2) is 0 Å². The third kappa shape index (κ3) is 2.52.